The van der Waals surface area contributed by atoms with E-state index in [1.54, 1.807) is 19.1 Å². The molecule has 98 valence electrons. The summed E-state index contributed by atoms with van der Waals surface area (Å²) in [4.78, 5) is 25.8. The van der Waals surface area contributed by atoms with Crippen LogP contribution in [0.1, 0.15) is 25.5 Å². The summed E-state index contributed by atoms with van der Waals surface area (Å²) in [5.41, 5.74) is 0.473. The number of rotatable bonds is 5. The van der Waals surface area contributed by atoms with Gasteiger partial charge in [-0.2, -0.15) is 0 Å². The van der Waals surface area contributed by atoms with Crippen LogP contribution in [0.3, 0.4) is 0 Å². The Bertz CT molecular complexity index is 461. The van der Waals surface area contributed by atoms with Gasteiger partial charge < -0.3 is 10.1 Å². The minimum absolute atomic E-state index is 0.0713. The fourth-order valence-electron chi connectivity index (χ4n) is 1.54. The summed E-state index contributed by atoms with van der Waals surface area (Å²) in [6.45, 7) is 3.06. The predicted molar refractivity (Wildman–Crippen MR) is 62.8 cm³/mol. The molecule has 0 aliphatic heterocycles. The third kappa shape index (κ3) is 3.62. The van der Waals surface area contributed by atoms with Gasteiger partial charge in [-0.05, 0) is 25.1 Å². The van der Waals surface area contributed by atoms with Crippen LogP contribution in [0.2, 0.25) is 0 Å². The van der Waals surface area contributed by atoms with Gasteiger partial charge in [0.1, 0.15) is 11.5 Å². The summed E-state index contributed by atoms with van der Waals surface area (Å²) in [7, 11) is 1.48. The normalized spacial score (nSPS) is 11.5. The molecular formula is C11H14N2O5. The van der Waals surface area contributed by atoms with Gasteiger partial charge >= 0.3 is 0 Å². The van der Waals surface area contributed by atoms with Crippen LogP contribution in [0.5, 0.6) is 11.5 Å². The molecule has 0 aromatic heterocycles. The molecular weight excluding hydrogens is 240 g/mol. The highest BCUT2D eigenvalue weighted by Crippen LogP contribution is 2.29. The second-order valence-electron chi connectivity index (χ2n) is 3.64. The summed E-state index contributed by atoms with van der Waals surface area (Å²) in [5, 5.41) is 12.1. The largest absolute Gasteiger partial charge is 0.497 e. The quantitative estimate of drug-likeness (QED) is 0.634. The number of hydrogen-bond donors (Lipinski definition) is 1. The van der Waals surface area contributed by atoms with E-state index in [-0.39, 0.29) is 11.7 Å². The molecule has 0 fully saturated rings. The van der Waals surface area contributed by atoms with Crippen molar-refractivity contribution in [2.45, 2.75) is 19.9 Å². The van der Waals surface area contributed by atoms with E-state index in [0.29, 0.717) is 11.3 Å². The Balaban J connectivity index is 3.09. The summed E-state index contributed by atoms with van der Waals surface area (Å²) in [6.07, 6.45) is 0. The predicted octanol–water partition coefficient (Wildman–Crippen LogP) is 1.46. The lowest BCUT2D eigenvalue weighted by Gasteiger charge is -2.16. The Morgan fingerprint density at radius 3 is 2.67 bits per heavy atom. The van der Waals surface area contributed by atoms with Crippen molar-refractivity contribution in [2.24, 2.45) is 0 Å². The van der Waals surface area contributed by atoms with Crippen molar-refractivity contribution in [1.29, 1.82) is 0 Å². The smallest absolute Gasteiger partial charge is 0.299 e. The Hall–Kier alpha value is -2.31. The minimum Gasteiger partial charge on any atom is -0.497 e. The van der Waals surface area contributed by atoms with E-state index in [2.05, 4.69) is 10.2 Å². The molecule has 7 nitrogen and oxygen atoms in total. The van der Waals surface area contributed by atoms with Crippen molar-refractivity contribution >= 4 is 5.91 Å². The molecule has 1 unspecified atom stereocenters. The molecule has 18 heavy (non-hydrogen) atoms. The van der Waals surface area contributed by atoms with Crippen LogP contribution in [0, 0.1) is 10.1 Å². The summed E-state index contributed by atoms with van der Waals surface area (Å²) >= 11 is 0. The number of methoxy groups -OCH3 is 1. The van der Waals surface area contributed by atoms with E-state index < -0.39 is 11.1 Å². The highest BCUT2D eigenvalue weighted by atomic mass is 17.0. The van der Waals surface area contributed by atoms with E-state index in [4.69, 9.17) is 4.74 Å². The molecule has 1 rings (SSSR count). The van der Waals surface area contributed by atoms with Crippen LogP contribution in [0.25, 0.3) is 0 Å². The zero-order valence-electron chi connectivity index (χ0n) is 10.3. The fraction of sp³-hybridized carbons (Fsp3) is 0.364. The number of carbonyl (C=O) groups is 1. The Labute approximate surface area is 104 Å². The van der Waals surface area contributed by atoms with Crippen molar-refractivity contribution in [3.8, 4) is 11.5 Å². The molecule has 1 N–H and O–H groups in total. The van der Waals surface area contributed by atoms with Gasteiger partial charge in [-0.1, -0.05) is 0 Å². The van der Waals surface area contributed by atoms with Crippen molar-refractivity contribution in [3.63, 3.8) is 0 Å². The Morgan fingerprint density at radius 2 is 2.17 bits per heavy atom. The standard InChI is InChI=1S/C11H14N2O5/c1-7(12-8(2)14)10-6-9(17-3)4-5-11(10)18-13(15)16/h4-7H,1-3H3,(H,12,14). The van der Waals surface area contributed by atoms with Crippen LogP contribution in [0.4, 0.5) is 0 Å². The lowest BCUT2D eigenvalue weighted by Crippen LogP contribution is -2.24. The number of ether oxygens (including phenoxy) is 1. The summed E-state index contributed by atoms with van der Waals surface area (Å²) < 4.78 is 5.03. The molecule has 1 atom stereocenters. The zero-order chi connectivity index (χ0) is 13.7. The number of benzene rings is 1. The molecule has 0 saturated heterocycles. The average Bonchev–Trinajstić information content (AvgIpc) is 2.27. The van der Waals surface area contributed by atoms with E-state index in [0.717, 1.165) is 0 Å². The van der Waals surface area contributed by atoms with Gasteiger partial charge in [0, 0.05) is 12.5 Å². The molecule has 1 amide bonds. The minimum atomic E-state index is -0.897. The maximum absolute atomic E-state index is 11.0. The number of amides is 1. The van der Waals surface area contributed by atoms with Crippen LogP contribution in [-0.2, 0) is 4.79 Å². The summed E-state index contributed by atoms with van der Waals surface area (Å²) in [5.74, 6) is 0.359. The second-order valence-corrected chi connectivity index (χ2v) is 3.64. The third-order valence-corrected chi connectivity index (χ3v) is 2.28. The highest BCUT2D eigenvalue weighted by Gasteiger charge is 2.15. The van der Waals surface area contributed by atoms with E-state index in [1.807, 2.05) is 0 Å². The van der Waals surface area contributed by atoms with Gasteiger partial charge in [0.15, 0.2) is 0 Å². The maximum atomic E-state index is 11.0. The fourth-order valence-corrected chi connectivity index (χ4v) is 1.54. The first-order chi connectivity index (χ1) is 8.43. The first-order valence-electron chi connectivity index (χ1n) is 5.21. The SMILES string of the molecule is COc1ccc(O[N+](=O)[O-])c(C(C)NC(C)=O)c1. The van der Waals surface area contributed by atoms with E-state index in [9.17, 15) is 14.9 Å². The molecule has 0 aliphatic carbocycles. The van der Waals surface area contributed by atoms with Crippen molar-refractivity contribution in [3.05, 3.63) is 33.9 Å². The van der Waals surface area contributed by atoms with Gasteiger partial charge in [0.25, 0.3) is 5.09 Å². The molecule has 0 heterocycles. The highest BCUT2D eigenvalue weighted by molar-refractivity contribution is 5.73. The number of carbonyl (C=O) groups excluding carboxylic acids is 1. The van der Waals surface area contributed by atoms with Gasteiger partial charge in [0.05, 0.1) is 13.2 Å². The lowest BCUT2D eigenvalue weighted by atomic mass is 10.1. The maximum Gasteiger partial charge on any atom is 0.299 e. The van der Waals surface area contributed by atoms with Crippen LogP contribution >= 0.6 is 0 Å². The average molecular weight is 254 g/mol. The molecule has 0 bridgehead atoms. The zero-order valence-corrected chi connectivity index (χ0v) is 10.3. The molecule has 7 heteroatoms. The Kier molecular flexibility index (Phi) is 4.47. The molecule has 0 radical (unpaired) electrons. The topological polar surface area (TPSA) is 90.7 Å². The first kappa shape index (κ1) is 13.8. The number of nitrogens with zero attached hydrogens (tertiary/aromatic N) is 1. The summed E-state index contributed by atoms with van der Waals surface area (Å²) in [6, 6.07) is 4.13. The van der Waals surface area contributed by atoms with Crippen molar-refractivity contribution in [1.82, 2.24) is 5.32 Å². The van der Waals surface area contributed by atoms with Crippen LogP contribution in [-0.4, -0.2) is 18.1 Å². The van der Waals surface area contributed by atoms with E-state index >= 15 is 0 Å². The van der Waals surface area contributed by atoms with Crippen molar-refractivity contribution in [2.75, 3.05) is 7.11 Å². The Morgan fingerprint density at radius 1 is 1.50 bits per heavy atom. The van der Waals surface area contributed by atoms with Crippen LogP contribution in [0.15, 0.2) is 18.2 Å². The molecule has 0 saturated carbocycles. The van der Waals surface area contributed by atoms with Gasteiger partial charge in [-0.25, -0.2) is 0 Å². The van der Waals surface area contributed by atoms with Gasteiger partial charge in [-0.15, -0.1) is 10.1 Å². The molecule has 1 aromatic rings. The second kappa shape index (κ2) is 5.85. The molecule has 1 aromatic carbocycles. The number of nitrogens with one attached hydrogen (secondary N) is 1. The lowest BCUT2D eigenvalue weighted by molar-refractivity contribution is -0.711. The van der Waals surface area contributed by atoms with E-state index in [1.165, 1.54) is 20.1 Å². The number of hydrogen-bond acceptors (Lipinski definition) is 5. The molecule has 0 aliphatic rings. The van der Waals surface area contributed by atoms with Crippen LogP contribution < -0.4 is 14.9 Å². The van der Waals surface area contributed by atoms with Gasteiger partial charge in [0.2, 0.25) is 5.91 Å². The van der Waals surface area contributed by atoms with Gasteiger partial charge in [-0.3, -0.25) is 9.63 Å². The first-order valence-corrected chi connectivity index (χ1v) is 5.21. The monoisotopic (exact) mass is 254 g/mol. The third-order valence-electron chi connectivity index (χ3n) is 2.28. The van der Waals surface area contributed by atoms with Crippen molar-refractivity contribution < 1.29 is 19.5 Å². The molecule has 0 spiro atoms.